The number of hydrogen-bond acceptors (Lipinski definition) is 2. The van der Waals surface area contributed by atoms with Crippen molar-refractivity contribution in [2.75, 3.05) is 6.54 Å². The van der Waals surface area contributed by atoms with E-state index in [2.05, 4.69) is 44.5 Å². The number of rotatable bonds is 1. The van der Waals surface area contributed by atoms with Crippen molar-refractivity contribution in [2.45, 2.75) is 12.5 Å². The SMILES string of the molecule is c1nc2c([nH]1)CCN[C@H]2c1ccc2[nH]ccc2c1. The molecular weight excluding hydrogens is 224 g/mol. The predicted octanol–water partition coefficient (Wildman–Crippen LogP) is 2.13. The molecule has 0 fully saturated rings. The first-order chi connectivity index (χ1) is 8.92. The summed E-state index contributed by atoms with van der Waals surface area (Å²) in [5, 5.41) is 4.79. The Hall–Kier alpha value is -2.07. The maximum absolute atomic E-state index is 4.46. The van der Waals surface area contributed by atoms with Crippen LogP contribution in [0.5, 0.6) is 0 Å². The Morgan fingerprint density at radius 2 is 2.17 bits per heavy atom. The van der Waals surface area contributed by atoms with Gasteiger partial charge in [-0.1, -0.05) is 6.07 Å². The summed E-state index contributed by atoms with van der Waals surface area (Å²) in [5.41, 5.74) is 4.84. The van der Waals surface area contributed by atoms with Gasteiger partial charge in [-0.05, 0) is 29.1 Å². The number of benzene rings is 1. The third-order valence-corrected chi connectivity index (χ3v) is 3.66. The molecule has 0 amide bonds. The smallest absolute Gasteiger partial charge is 0.0926 e. The molecule has 2 aromatic heterocycles. The molecule has 0 aliphatic carbocycles. The topological polar surface area (TPSA) is 56.5 Å². The highest BCUT2D eigenvalue weighted by Gasteiger charge is 2.23. The van der Waals surface area contributed by atoms with E-state index >= 15 is 0 Å². The fourth-order valence-electron chi connectivity index (χ4n) is 2.75. The molecule has 4 heteroatoms. The average molecular weight is 238 g/mol. The quantitative estimate of drug-likeness (QED) is 0.608. The molecule has 0 saturated heterocycles. The molecule has 18 heavy (non-hydrogen) atoms. The summed E-state index contributed by atoms with van der Waals surface area (Å²) in [6.07, 6.45) is 4.79. The van der Waals surface area contributed by atoms with E-state index in [1.165, 1.54) is 22.2 Å². The van der Waals surface area contributed by atoms with Gasteiger partial charge in [0.1, 0.15) is 0 Å². The van der Waals surface area contributed by atoms with E-state index < -0.39 is 0 Å². The number of aromatic nitrogens is 3. The van der Waals surface area contributed by atoms with Gasteiger partial charge in [-0.2, -0.15) is 0 Å². The lowest BCUT2D eigenvalue weighted by molar-refractivity contribution is 0.554. The molecule has 0 unspecified atom stereocenters. The molecule has 0 bridgehead atoms. The van der Waals surface area contributed by atoms with E-state index in [0.29, 0.717) is 0 Å². The molecule has 0 radical (unpaired) electrons. The standard InChI is InChI=1S/C14H14N4/c1-2-11-9(3-5-15-11)7-10(1)13-14-12(4-6-16-13)17-8-18-14/h1-3,5,7-8,13,15-16H,4,6H2,(H,17,18)/t13-/m0/s1. The molecule has 3 aromatic rings. The Bertz CT molecular complexity index is 694. The summed E-state index contributed by atoms with van der Waals surface area (Å²) < 4.78 is 0. The minimum atomic E-state index is 0.208. The van der Waals surface area contributed by atoms with Crippen LogP contribution in [0.15, 0.2) is 36.8 Å². The van der Waals surface area contributed by atoms with Crippen molar-refractivity contribution >= 4 is 10.9 Å². The fourth-order valence-corrected chi connectivity index (χ4v) is 2.75. The molecule has 4 rings (SSSR count). The molecule has 1 aliphatic rings. The maximum atomic E-state index is 4.46. The Morgan fingerprint density at radius 3 is 3.17 bits per heavy atom. The Labute approximate surface area is 104 Å². The van der Waals surface area contributed by atoms with Crippen LogP contribution in [0.1, 0.15) is 23.0 Å². The number of aromatic amines is 2. The van der Waals surface area contributed by atoms with Crippen LogP contribution in [-0.4, -0.2) is 21.5 Å². The van der Waals surface area contributed by atoms with E-state index in [1.807, 2.05) is 6.20 Å². The van der Waals surface area contributed by atoms with Crippen molar-refractivity contribution in [3.8, 4) is 0 Å². The van der Waals surface area contributed by atoms with Crippen LogP contribution < -0.4 is 5.32 Å². The highest BCUT2D eigenvalue weighted by molar-refractivity contribution is 5.80. The number of nitrogens with one attached hydrogen (secondary N) is 3. The Kier molecular flexibility index (Phi) is 2.04. The maximum Gasteiger partial charge on any atom is 0.0926 e. The summed E-state index contributed by atoms with van der Waals surface area (Å²) in [4.78, 5) is 10.9. The van der Waals surface area contributed by atoms with E-state index in [0.717, 1.165) is 18.7 Å². The highest BCUT2D eigenvalue weighted by atomic mass is 15.0. The first-order valence-corrected chi connectivity index (χ1v) is 6.24. The number of fused-ring (bicyclic) bond motifs is 2. The zero-order valence-electron chi connectivity index (χ0n) is 9.90. The predicted molar refractivity (Wildman–Crippen MR) is 70.4 cm³/mol. The Morgan fingerprint density at radius 1 is 1.17 bits per heavy atom. The van der Waals surface area contributed by atoms with Gasteiger partial charge in [-0.15, -0.1) is 0 Å². The average Bonchev–Trinajstić information content (AvgIpc) is 3.05. The van der Waals surface area contributed by atoms with Crippen LogP contribution in [0.3, 0.4) is 0 Å². The van der Waals surface area contributed by atoms with Crippen molar-refractivity contribution in [1.82, 2.24) is 20.3 Å². The molecule has 1 atom stereocenters. The molecule has 90 valence electrons. The first-order valence-electron chi connectivity index (χ1n) is 6.24. The van der Waals surface area contributed by atoms with Gasteiger partial charge in [0.25, 0.3) is 0 Å². The van der Waals surface area contributed by atoms with Crippen LogP contribution in [-0.2, 0) is 6.42 Å². The normalized spacial score (nSPS) is 19.0. The van der Waals surface area contributed by atoms with Crippen LogP contribution >= 0.6 is 0 Å². The molecule has 3 N–H and O–H groups in total. The number of imidazole rings is 1. The number of H-pyrrole nitrogens is 2. The lowest BCUT2D eigenvalue weighted by atomic mass is 9.97. The van der Waals surface area contributed by atoms with Gasteiger partial charge in [0.2, 0.25) is 0 Å². The second-order valence-electron chi connectivity index (χ2n) is 4.73. The van der Waals surface area contributed by atoms with Gasteiger partial charge in [0.15, 0.2) is 0 Å². The zero-order chi connectivity index (χ0) is 11.9. The van der Waals surface area contributed by atoms with Crippen molar-refractivity contribution < 1.29 is 0 Å². The third-order valence-electron chi connectivity index (χ3n) is 3.66. The van der Waals surface area contributed by atoms with E-state index in [1.54, 1.807) is 6.33 Å². The van der Waals surface area contributed by atoms with E-state index in [4.69, 9.17) is 0 Å². The van der Waals surface area contributed by atoms with Gasteiger partial charge in [-0.25, -0.2) is 4.98 Å². The molecule has 0 spiro atoms. The highest BCUT2D eigenvalue weighted by Crippen LogP contribution is 2.28. The molecule has 1 aromatic carbocycles. The first kappa shape index (κ1) is 9.91. The number of nitrogens with zero attached hydrogens (tertiary/aromatic N) is 1. The molecule has 1 aliphatic heterocycles. The molecule has 4 nitrogen and oxygen atoms in total. The van der Waals surface area contributed by atoms with E-state index in [9.17, 15) is 0 Å². The summed E-state index contributed by atoms with van der Waals surface area (Å²) in [6, 6.07) is 8.84. The lowest BCUT2D eigenvalue weighted by Crippen LogP contribution is -2.30. The van der Waals surface area contributed by atoms with Crippen LogP contribution in [0, 0.1) is 0 Å². The van der Waals surface area contributed by atoms with Crippen molar-refractivity contribution in [3.63, 3.8) is 0 Å². The summed E-state index contributed by atoms with van der Waals surface area (Å²) in [5.74, 6) is 0. The lowest BCUT2D eigenvalue weighted by Gasteiger charge is -2.23. The minimum absolute atomic E-state index is 0.208. The number of hydrogen-bond donors (Lipinski definition) is 3. The van der Waals surface area contributed by atoms with Crippen LogP contribution in [0.4, 0.5) is 0 Å². The van der Waals surface area contributed by atoms with Gasteiger partial charge in [0, 0.05) is 30.4 Å². The van der Waals surface area contributed by atoms with Gasteiger partial charge < -0.3 is 15.3 Å². The summed E-state index contributed by atoms with van der Waals surface area (Å²) in [6.45, 7) is 0.991. The molecule has 0 saturated carbocycles. The Balaban J connectivity index is 1.84. The van der Waals surface area contributed by atoms with Crippen molar-refractivity contribution in [3.05, 3.63) is 53.7 Å². The monoisotopic (exact) mass is 238 g/mol. The largest absolute Gasteiger partial charge is 0.361 e. The van der Waals surface area contributed by atoms with Crippen LogP contribution in [0.25, 0.3) is 10.9 Å². The molecule has 3 heterocycles. The van der Waals surface area contributed by atoms with Crippen LogP contribution in [0.2, 0.25) is 0 Å². The minimum Gasteiger partial charge on any atom is -0.361 e. The third kappa shape index (κ3) is 1.39. The molecular formula is C14H14N4. The van der Waals surface area contributed by atoms with Crippen molar-refractivity contribution in [2.24, 2.45) is 0 Å². The fraction of sp³-hybridized carbons (Fsp3) is 0.214. The van der Waals surface area contributed by atoms with Gasteiger partial charge in [-0.3, -0.25) is 0 Å². The van der Waals surface area contributed by atoms with Gasteiger partial charge in [0.05, 0.1) is 18.1 Å². The van der Waals surface area contributed by atoms with Gasteiger partial charge >= 0.3 is 0 Å². The van der Waals surface area contributed by atoms with Crippen molar-refractivity contribution in [1.29, 1.82) is 0 Å². The zero-order valence-corrected chi connectivity index (χ0v) is 9.90. The second-order valence-corrected chi connectivity index (χ2v) is 4.73. The van der Waals surface area contributed by atoms with E-state index in [-0.39, 0.29) is 6.04 Å². The second kappa shape index (κ2) is 3.71. The summed E-state index contributed by atoms with van der Waals surface area (Å²) >= 11 is 0. The summed E-state index contributed by atoms with van der Waals surface area (Å²) in [7, 11) is 0.